The number of hydrogen-bond donors (Lipinski definition) is 3. The van der Waals surface area contributed by atoms with Crippen LogP contribution in [0.5, 0.6) is 11.6 Å². The predicted octanol–water partition coefficient (Wildman–Crippen LogP) is 5.28. The summed E-state index contributed by atoms with van der Waals surface area (Å²) < 4.78 is 20.1. The van der Waals surface area contributed by atoms with Gasteiger partial charge in [-0.3, -0.25) is 9.69 Å². The van der Waals surface area contributed by atoms with E-state index in [-0.39, 0.29) is 35.9 Å². The lowest BCUT2D eigenvalue weighted by Gasteiger charge is -2.36. The van der Waals surface area contributed by atoms with Crippen LogP contribution in [-0.2, 0) is 6.54 Å². The van der Waals surface area contributed by atoms with E-state index in [4.69, 9.17) is 10.5 Å². The van der Waals surface area contributed by atoms with Crippen molar-refractivity contribution in [3.8, 4) is 22.8 Å². The Morgan fingerprint density at radius 3 is 2.45 bits per heavy atom. The van der Waals surface area contributed by atoms with Crippen molar-refractivity contribution in [1.29, 1.82) is 0 Å². The van der Waals surface area contributed by atoms with Gasteiger partial charge in [0.2, 0.25) is 5.88 Å². The quantitative estimate of drug-likeness (QED) is 0.359. The summed E-state index contributed by atoms with van der Waals surface area (Å²) in [5.74, 6) is -0.375. The van der Waals surface area contributed by atoms with E-state index in [1.807, 2.05) is 18.2 Å². The molecule has 1 amide bonds. The third-order valence-electron chi connectivity index (χ3n) is 7.54. The minimum atomic E-state index is -0.586. The zero-order chi connectivity index (χ0) is 27.4. The fraction of sp³-hybridized carbons (Fsp3) is 0.419. The molecule has 0 spiro atoms. The number of ether oxygens (including phenoxy) is 1. The molecule has 2 fully saturated rings. The lowest BCUT2D eigenvalue weighted by molar-refractivity contribution is 0.0922. The van der Waals surface area contributed by atoms with Crippen LogP contribution in [0.25, 0.3) is 11.1 Å². The topological polar surface area (TPSA) is 92.5 Å². The van der Waals surface area contributed by atoms with Crippen LogP contribution in [0.2, 0.25) is 0 Å². The zero-order valence-electron chi connectivity index (χ0n) is 23.1. The molecule has 1 aromatic heterocycles. The third kappa shape index (κ3) is 7.79. The van der Waals surface area contributed by atoms with Crippen molar-refractivity contribution in [3.63, 3.8) is 0 Å². The number of piperazine rings is 1. The fourth-order valence-corrected chi connectivity index (χ4v) is 5.68. The second-order valence-electron chi connectivity index (χ2n) is 11.1. The Morgan fingerprint density at radius 1 is 1.05 bits per heavy atom. The van der Waals surface area contributed by atoms with Crippen molar-refractivity contribution in [2.45, 2.75) is 70.2 Å². The van der Waals surface area contributed by atoms with E-state index < -0.39 is 11.7 Å². The molecule has 40 heavy (non-hydrogen) atoms. The number of benzene rings is 2. The van der Waals surface area contributed by atoms with Crippen LogP contribution in [0.1, 0.15) is 55.5 Å². The van der Waals surface area contributed by atoms with Gasteiger partial charge in [0.15, 0.2) is 0 Å². The maximum atomic E-state index is 14.1. The summed E-state index contributed by atoms with van der Waals surface area (Å²) in [7, 11) is 0. The number of nitrogens with one attached hydrogen (secondary N) is 2. The van der Waals surface area contributed by atoms with Gasteiger partial charge in [-0.1, -0.05) is 36.4 Å². The lowest BCUT2D eigenvalue weighted by Crippen LogP contribution is -2.53. The van der Waals surface area contributed by atoms with E-state index in [1.54, 1.807) is 6.07 Å². The Kier molecular flexibility index (Phi) is 10.1. The first-order valence-electron chi connectivity index (χ1n) is 13.9. The second kappa shape index (κ2) is 13.5. The number of nitrogens with zero attached hydrogens (tertiary/aromatic N) is 2. The molecule has 2 aliphatic rings. The van der Waals surface area contributed by atoms with E-state index in [9.17, 15) is 9.18 Å². The van der Waals surface area contributed by atoms with Gasteiger partial charge < -0.3 is 21.1 Å². The standard InChI is InChI=1S/C31H38FN5O2.ClH/c1-20-17-37(18-21(2)35-20)19-22-6-8-23(9-7-22)24-4-3-5-28(14-24)39-31-29(15-25(32)16-34-31)30(38)36-27-12-10-26(33)11-13-27;/h3-9,14-16,20-21,26-27,35H,10-13,17-19,33H2,1-2H3,(H,36,38);1H/t20-,21+,26-,27-;. The highest BCUT2D eigenvalue weighted by Crippen LogP contribution is 2.29. The van der Waals surface area contributed by atoms with Crippen LogP contribution in [0.15, 0.2) is 60.8 Å². The summed E-state index contributed by atoms with van der Waals surface area (Å²) in [5.41, 5.74) is 9.38. The molecule has 0 radical (unpaired) electrons. The first kappa shape index (κ1) is 29.9. The maximum Gasteiger partial charge on any atom is 0.257 e. The molecule has 5 rings (SSSR count). The molecule has 7 nitrogen and oxygen atoms in total. The Hall–Kier alpha value is -3.04. The predicted molar refractivity (Wildman–Crippen MR) is 158 cm³/mol. The van der Waals surface area contributed by atoms with Crippen molar-refractivity contribution >= 4 is 18.3 Å². The highest BCUT2D eigenvalue weighted by Gasteiger charge is 2.24. The molecule has 2 aromatic carbocycles. The number of pyridine rings is 1. The SMILES string of the molecule is C[C@@H]1CN(Cc2ccc(-c3cccc(Oc4ncc(F)cc4C(=O)N[C@H]4CC[C@H](N)CC4)c3)cc2)C[C@H](C)N1.Cl. The van der Waals surface area contributed by atoms with Gasteiger partial charge >= 0.3 is 0 Å². The van der Waals surface area contributed by atoms with Crippen LogP contribution in [0.4, 0.5) is 4.39 Å². The van der Waals surface area contributed by atoms with Crippen molar-refractivity contribution in [2.75, 3.05) is 13.1 Å². The van der Waals surface area contributed by atoms with Gasteiger partial charge in [0.25, 0.3) is 5.91 Å². The van der Waals surface area contributed by atoms with E-state index in [0.29, 0.717) is 17.8 Å². The molecule has 2 heterocycles. The molecular formula is C31H39ClFN5O2. The molecule has 214 valence electrons. The Morgan fingerprint density at radius 2 is 1.75 bits per heavy atom. The van der Waals surface area contributed by atoms with E-state index in [1.165, 1.54) is 11.6 Å². The lowest BCUT2D eigenvalue weighted by atomic mass is 9.91. The number of hydrogen-bond acceptors (Lipinski definition) is 6. The van der Waals surface area contributed by atoms with Gasteiger partial charge in [-0.25, -0.2) is 9.37 Å². The number of nitrogens with two attached hydrogens (primary N) is 1. The van der Waals surface area contributed by atoms with Crippen LogP contribution in [0, 0.1) is 5.82 Å². The molecule has 4 N–H and O–H groups in total. The molecule has 1 aliphatic heterocycles. The minimum absolute atomic E-state index is 0. The second-order valence-corrected chi connectivity index (χ2v) is 11.1. The van der Waals surface area contributed by atoms with Gasteiger partial charge in [-0.05, 0) is 74.4 Å². The average molecular weight is 568 g/mol. The van der Waals surface area contributed by atoms with Crippen molar-refractivity contribution in [3.05, 3.63) is 77.7 Å². The number of carbonyl (C=O) groups excluding carboxylic acids is 1. The van der Waals surface area contributed by atoms with Crippen LogP contribution < -0.4 is 21.1 Å². The van der Waals surface area contributed by atoms with Gasteiger partial charge in [-0.15, -0.1) is 12.4 Å². The van der Waals surface area contributed by atoms with E-state index in [2.05, 4.69) is 58.6 Å². The Labute approximate surface area is 242 Å². The van der Waals surface area contributed by atoms with Crippen molar-refractivity contribution < 1.29 is 13.9 Å². The first-order chi connectivity index (χ1) is 18.8. The summed E-state index contributed by atoms with van der Waals surface area (Å²) in [6.07, 6.45) is 4.39. The molecule has 3 aromatic rings. The average Bonchev–Trinajstić information content (AvgIpc) is 2.91. The minimum Gasteiger partial charge on any atom is -0.438 e. The van der Waals surface area contributed by atoms with Gasteiger partial charge in [0.1, 0.15) is 17.1 Å². The van der Waals surface area contributed by atoms with Gasteiger partial charge in [0.05, 0.1) is 6.20 Å². The molecule has 1 saturated carbocycles. The van der Waals surface area contributed by atoms with E-state index >= 15 is 0 Å². The number of carbonyl (C=O) groups is 1. The number of amides is 1. The first-order valence-corrected chi connectivity index (χ1v) is 13.9. The molecule has 1 saturated heterocycles. The summed E-state index contributed by atoms with van der Waals surface area (Å²) in [4.78, 5) is 19.6. The molecular weight excluding hydrogens is 529 g/mol. The molecule has 0 unspecified atom stereocenters. The van der Waals surface area contributed by atoms with Crippen LogP contribution >= 0.6 is 12.4 Å². The number of aromatic nitrogens is 1. The summed E-state index contributed by atoms with van der Waals surface area (Å²) in [6, 6.07) is 18.5. The molecule has 1 aliphatic carbocycles. The number of halogens is 2. The largest absolute Gasteiger partial charge is 0.438 e. The molecule has 0 bridgehead atoms. The van der Waals surface area contributed by atoms with Crippen LogP contribution in [-0.4, -0.2) is 53.0 Å². The number of rotatable bonds is 7. The molecule has 9 heteroatoms. The monoisotopic (exact) mass is 567 g/mol. The third-order valence-corrected chi connectivity index (χ3v) is 7.54. The van der Waals surface area contributed by atoms with Gasteiger partial charge in [0, 0.05) is 43.8 Å². The Balaban J connectivity index is 0.00000370. The summed E-state index contributed by atoms with van der Waals surface area (Å²) >= 11 is 0. The summed E-state index contributed by atoms with van der Waals surface area (Å²) in [6.45, 7) is 7.46. The maximum absolute atomic E-state index is 14.1. The van der Waals surface area contributed by atoms with Crippen molar-refractivity contribution in [1.82, 2.24) is 20.5 Å². The zero-order valence-corrected chi connectivity index (χ0v) is 23.9. The Bertz CT molecular complexity index is 1270. The van der Waals surface area contributed by atoms with E-state index in [0.717, 1.165) is 62.6 Å². The summed E-state index contributed by atoms with van der Waals surface area (Å²) in [5, 5.41) is 6.57. The smallest absolute Gasteiger partial charge is 0.257 e. The fourth-order valence-electron chi connectivity index (χ4n) is 5.68. The van der Waals surface area contributed by atoms with Gasteiger partial charge in [-0.2, -0.15) is 0 Å². The highest BCUT2D eigenvalue weighted by atomic mass is 35.5. The van der Waals surface area contributed by atoms with Crippen molar-refractivity contribution in [2.24, 2.45) is 5.73 Å². The normalized spacial score (nSPS) is 23.2. The highest BCUT2D eigenvalue weighted by molar-refractivity contribution is 5.96. The molecule has 2 atom stereocenters. The van der Waals surface area contributed by atoms with Crippen LogP contribution in [0.3, 0.4) is 0 Å².